The zero-order valence-corrected chi connectivity index (χ0v) is 11.4. The van der Waals surface area contributed by atoms with Crippen LogP contribution in [0.5, 0.6) is 0 Å². The first-order valence-electron chi connectivity index (χ1n) is 5.94. The lowest BCUT2D eigenvalue weighted by molar-refractivity contribution is 0.112. The van der Waals surface area contributed by atoms with E-state index in [9.17, 15) is 4.79 Å². The van der Waals surface area contributed by atoms with Gasteiger partial charge >= 0.3 is 0 Å². The summed E-state index contributed by atoms with van der Waals surface area (Å²) in [5.74, 6) is 0.898. The van der Waals surface area contributed by atoms with Crippen LogP contribution >= 0.6 is 11.8 Å². The van der Waals surface area contributed by atoms with E-state index in [0.717, 1.165) is 24.3 Å². The summed E-state index contributed by atoms with van der Waals surface area (Å²) in [7, 11) is 0. The van der Waals surface area contributed by atoms with Crippen molar-refractivity contribution < 1.29 is 4.79 Å². The second-order valence-corrected chi connectivity index (χ2v) is 5.12. The van der Waals surface area contributed by atoms with Crippen molar-refractivity contribution in [1.29, 1.82) is 0 Å². The highest BCUT2D eigenvalue weighted by Crippen LogP contribution is 2.23. The van der Waals surface area contributed by atoms with Crippen LogP contribution in [-0.2, 0) is 12.3 Å². The van der Waals surface area contributed by atoms with Crippen molar-refractivity contribution in [3.05, 3.63) is 47.3 Å². The van der Waals surface area contributed by atoms with E-state index in [1.165, 1.54) is 10.6 Å². The number of nitrogens with zero attached hydrogens (tertiary/aromatic N) is 2. The van der Waals surface area contributed by atoms with E-state index in [0.29, 0.717) is 5.56 Å². The van der Waals surface area contributed by atoms with E-state index in [-0.39, 0.29) is 0 Å². The number of hydrogen-bond acceptors (Lipinski definition) is 3. The molecule has 0 unspecified atom stereocenters. The first-order valence-corrected chi connectivity index (χ1v) is 6.93. The zero-order chi connectivity index (χ0) is 13.0. The molecule has 4 heteroatoms. The number of hydrogen-bond donors (Lipinski definition) is 0. The van der Waals surface area contributed by atoms with Crippen molar-refractivity contribution in [2.75, 3.05) is 0 Å². The Balaban J connectivity index is 2.03. The molecule has 2 aromatic rings. The molecule has 0 N–H and O–H groups in total. The predicted molar refractivity (Wildman–Crippen MR) is 74.0 cm³/mol. The maximum atomic E-state index is 10.6. The van der Waals surface area contributed by atoms with E-state index >= 15 is 0 Å². The van der Waals surface area contributed by atoms with E-state index in [1.807, 2.05) is 35.9 Å². The number of aldehydes is 1. The molecule has 1 heterocycles. The average molecular weight is 260 g/mol. The van der Waals surface area contributed by atoms with Gasteiger partial charge in [0.05, 0.1) is 5.69 Å². The highest BCUT2D eigenvalue weighted by atomic mass is 32.2. The molecule has 0 atom stereocenters. The van der Waals surface area contributed by atoms with Gasteiger partial charge in [-0.25, -0.2) is 0 Å². The van der Waals surface area contributed by atoms with Crippen LogP contribution in [0.15, 0.2) is 35.2 Å². The van der Waals surface area contributed by atoms with Crippen LogP contribution < -0.4 is 0 Å². The third kappa shape index (κ3) is 3.01. The van der Waals surface area contributed by atoms with Gasteiger partial charge in [0, 0.05) is 28.5 Å². The van der Waals surface area contributed by atoms with Gasteiger partial charge in [0.2, 0.25) is 0 Å². The first kappa shape index (κ1) is 12.9. The lowest BCUT2D eigenvalue weighted by Crippen LogP contribution is -2.01. The molecule has 94 valence electrons. The predicted octanol–water partition coefficient (Wildman–Crippen LogP) is 3.32. The highest BCUT2D eigenvalue weighted by Gasteiger charge is 2.04. The third-order valence-corrected chi connectivity index (χ3v) is 3.73. The van der Waals surface area contributed by atoms with Crippen molar-refractivity contribution in [2.24, 2.45) is 0 Å². The van der Waals surface area contributed by atoms with E-state index in [2.05, 4.69) is 18.1 Å². The van der Waals surface area contributed by atoms with Crippen molar-refractivity contribution in [3.63, 3.8) is 0 Å². The number of rotatable bonds is 5. The van der Waals surface area contributed by atoms with Crippen LogP contribution in [0.25, 0.3) is 0 Å². The van der Waals surface area contributed by atoms with Crippen LogP contribution in [0.4, 0.5) is 0 Å². The minimum atomic E-state index is 0.716. The van der Waals surface area contributed by atoms with Crippen molar-refractivity contribution >= 4 is 18.0 Å². The van der Waals surface area contributed by atoms with Crippen LogP contribution in [0.1, 0.15) is 28.7 Å². The minimum absolute atomic E-state index is 0.716. The maximum Gasteiger partial charge on any atom is 0.150 e. The number of carbonyl (C=O) groups excluding carboxylic acids is 1. The highest BCUT2D eigenvalue weighted by molar-refractivity contribution is 7.98. The summed E-state index contributed by atoms with van der Waals surface area (Å²) in [6, 6.07) is 9.77. The summed E-state index contributed by atoms with van der Waals surface area (Å²) in [6.45, 7) is 5.01. The summed E-state index contributed by atoms with van der Waals surface area (Å²) in [6.07, 6.45) is 0.865. The standard InChI is InChI=1S/C14H16N2OS/c1-3-16-13(8-11(2)15-16)10-18-14-6-4-12(9-17)5-7-14/h4-9H,3,10H2,1-2H3. The zero-order valence-electron chi connectivity index (χ0n) is 10.6. The molecule has 0 radical (unpaired) electrons. The summed E-state index contributed by atoms with van der Waals surface area (Å²) in [4.78, 5) is 11.7. The van der Waals surface area contributed by atoms with Crippen LogP contribution in [0.3, 0.4) is 0 Å². The van der Waals surface area contributed by atoms with Gasteiger partial charge in [-0.15, -0.1) is 11.8 Å². The topological polar surface area (TPSA) is 34.9 Å². The molecule has 0 amide bonds. The second-order valence-electron chi connectivity index (χ2n) is 4.07. The molecule has 2 rings (SSSR count). The third-order valence-electron chi connectivity index (χ3n) is 2.69. The number of thioether (sulfide) groups is 1. The second kappa shape index (κ2) is 5.87. The van der Waals surface area contributed by atoms with Gasteiger partial charge in [0.25, 0.3) is 0 Å². The van der Waals surface area contributed by atoms with Gasteiger partial charge in [-0.1, -0.05) is 12.1 Å². The van der Waals surface area contributed by atoms with Crippen LogP contribution in [-0.4, -0.2) is 16.1 Å². The lowest BCUT2D eigenvalue weighted by Gasteiger charge is -2.04. The van der Waals surface area contributed by atoms with Gasteiger partial charge in [0.1, 0.15) is 6.29 Å². The molecule has 0 bridgehead atoms. The molecule has 0 saturated carbocycles. The Morgan fingerprint density at radius 2 is 2.06 bits per heavy atom. The molecule has 0 aliphatic rings. The molecule has 0 fully saturated rings. The smallest absolute Gasteiger partial charge is 0.150 e. The number of aryl methyl sites for hydroxylation is 2. The molecule has 1 aromatic heterocycles. The summed E-state index contributed by atoms with van der Waals surface area (Å²) >= 11 is 1.76. The summed E-state index contributed by atoms with van der Waals surface area (Å²) in [5, 5.41) is 4.43. The summed E-state index contributed by atoms with van der Waals surface area (Å²) < 4.78 is 2.03. The van der Waals surface area contributed by atoms with Gasteiger partial charge in [-0.2, -0.15) is 5.10 Å². The van der Waals surface area contributed by atoms with Crippen molar-refractivity contribution in [3.8, 4) is 0 Å². The SMILES string of the molecule is CCn1nc(C)cc1CSc1ccc(C=O)cc1. The Labute approximate surface area is 111 Å². The van der Waals surface area contributed by atoms with Gasteiger partial charge < -0.3 is 0 Å². The van der Waals surface area contributed by atoms with Crippen LogP contribution in [0, 0.1) is 6.92 Å². The van der Waals surface area contributed by atoms with E-state index < -0.39 is 0 Å². The Kier molecular flexibility index (Phi) is 4.20. The number of benzene rings is 1. The van der Waals surface area contributed by atoms with E-state index in [4.69, 9.17) is 0 Å². The minimum Gasteiger partial charge on any atom is -0.298 e. The van der Waals surface area contributed by atoms with Crippen LogP contribution in [0.2, 0.25) is 0 Å². The molecule has 0 spiro atoms. The molecule has 0 aliphatic carbocycles. The van der Waals surface area contributed by atoms with Crippen molar-refractivity contribution in [1.82, 2.24) is 9.78 Å². The molecule has 1 aromatic carbocycles. The monoisotopic (exact) mass is 260 g/mol. The van der Waals surface area contributed by atoms with Gasteiger partial charge in [-0.05, 0) is 32.0 Å². The van der Waals surface area contributed by atoms with Crippen molar-refractivity contribution in [2.45, 2.75) is 31.0 Å². The fourth-order valence-corrected chi connectivity index (χ4v) is 2.66. The molecule has 0 aliphatic heterocycles. The number of aromatic nitrogens is 2. The van der Waals surface area contributed by atoms with Gasteiger partial charge in [-0.3, -0.25) is 9.48 Å². The first-order chi connectivity index (χ1) is 8.72. The Morgan fingerprint density at radius 1 is 1.33 bits per heavy atom. The maximum absolute atomic E-state index is 10.6. The average Bonchev–Trinajstić information content (AvgIpc) is 2.77. The Hall–Kier alpha value is -1.55. The van der Waals surface area contributed by atoms with Gasteiger partial charge in [0.15, 0.2) is 0 Å². The Bertz CT molecular complexity index is 531. The fraction of sp³-hybridized carbons (Fsp3) is 0.286. The molecule has 3 nitrogen and oxygen atoms in total. The normalized spacial score (nSPS) is 10.6. The quantitative estimate of drug-likeness (QED) is 0.611. The number of carbonyl (C=O) groups is 1. The largest absolute Gasteiger partial charge is 0.298 e. The summed E-state index contributed by atoms with van der Waals surface area (Å²) in [5.41, 5.74) is 3.01. The lowest BCUT2D eigenvalue weighted by atomic mass is 10.2. The molecular weight excluding hydrogens is 244 g/mol. The molecule has 18 heavy (non-hydrogen) atoms. The molecule has 0 saturated heterocycles. The van der Waals surface area contributed by atoms with E-state index in [1.54, 1.807) is 11.8 Å². The Morgan fingerprint density at radius 3 is 2.67 bits per heavy atom. The fourth-order valence-electron chi connectivity index (χ4n) is 1.79. The molecular formula is C14H16N2OS.